The summed E-state index contributed by atoms with van der Waals surface area (Å²) in [7, 11) is 1.80. The van der Waals surface area contributed by atoms with Crippen molar-refractivity contribution in [1.29, 1.82) is 0 Å². The molecule has 0 fully saturated rings. The van der Waals surface area contributed by atoms with Crippen molar-refractivity contribution in [3.63, 3.8) is 0 Å². The molecule has 0 saturated carbocycles. The number of fused-ring (bicyclic) bond motifs is 1. The molecule has 0 aliphatic carbocycles. The molecule has 3 aromatic rings. The van der Waals surface area contributed by atoms with Crippen molar-refractivity contribution in [3.05, 3.63) is 78.1 Å². The number of aromatic nitrogens is 1. The van der Waals surface area contributed by atoms with Crippen LogP contribution < -0.4 is 5.32 Å². The van der Waals surface area contributed by atoms with Crippen LogP contribution in [0.3, 0.4) is 0 Å². The number of urea groups is 1. The van der Waals surface area contributed by atoms with Crippen molar-refractivity contribution in [2.45, 2.75) is 13.1 Å². The highest BCUT2D eigenvalue weighted by molar-refractivity contribution is 5.83. The van der Waals surface area contributed by atoms with E-state index < -0.39 is 0 Å². The van der Waals surface area contributed by atoms with E-state index in [0.29, 0.717) is 13.1 Å². The second kappa shape index (κ2) is 6.92. The number of hydrogen-bond donors (Lipinski definition) is 1. The average molecular weight is 305 g/mol. The zero-order valence-corrected chi connectivity index (χ0v) is 13.1. The SMILES string of the molecule is CN(Cc1ccc2ccccc2c1)C(=O)NCc1ccncc1. The van der Waals surface area contributed by atoms with Gasteiger partial charge in [0.05, 0.1) is 0 Å². The molecular weight excluding hydrogens is 286 g/mol. The van der Waals surface area contributed by atoms with E-state index >= 15 is 0 Å². The third-order valence-corrected chi connectivity index (χ3v) is 3.77. The summed E-state index contributed by atoms with van der Waals surface area (Å²) in [5.41, 5.74) is 2.15. The normalized spacial score (nSPS) is 10.5. The first-order valence-corrected chi connectivity index (χ1v) is 7.58. The number of amides is 2. The number of carbonyl (C=O) groups is 1. The molecule has 0 aliphatic heterocycles. The zero-order valence-electron chi connectivity index (χ0n) is 13.1. The lowest BCUT2D eigenvalue weighted by atomic mass is 10.1. The first-order chi connectivity index (χ1) is 11.2. The van der Waals surface area contributed by atoms with Gasteiger partial charge in [-0.15, -0.1) is 0 Å². The van der Waals surface area contributed by atoms with Gasteiger partial charge < -0.3 is 10.2 Å². The minimum Gasteiger partial charge on any atom is -0.334 e. The fraction of sp³-hybridized carbons (Fsp3) is 0.158. The fourth-order valence-electron chi connectivity index (χ4n) is 2.50. The molecule has 1 heterocycles. The molecule has 2 amide bonds. The molecule has 116 valence electrons. The standard InChI is InChI=1S/C19H19N3O/c1-22(19(23)21-13-15-8-10-20-11-9-15)14-16-6-7-17-4-2-3-5-18(17)12-16/h2-12H,13-14H2,1H3,(H,21,23). The van der Waals surface area contributed by atoms with Gasteiger partial charge >= 0.3 is 6.03 Å². The highest BCUT2D eigenvalue weighted by Crippen LogP contribution is 2.16. The molecule has 2 aromatic carbocycles. The Morgan fingerprint density at radius 1 is 1.00 bits per heavy atom. The Bertz CT molecular complexity index is 802. The van der Waals surface area contributed by atoms with Crippen LogP contribution in [0.25, 0.3) is 10.8 Å². The summed E-state index contributed by atoms with van der Waals surface area (Å²) >= 11 is 0. The van der Waals surface area contributed by atoms with Crippen molar-refractivity contribution in [1.82, 2.24) is 15.2 Å². The summed E-state index contributed by atoms with van der Waals surface area (Å²) in [4.78, 5) is 17.8. The second-order valence-corrected chi connectivity index (χ2v) is 5.55. The van der Waals surface area contributed by atoms with Gasteiger partial charge in [-0.3, -0.25) is 4.98 Å². The van der Waals surface area contributed by atoms with Gasteiger partial charge in [-0.1, -0.05) is 36.4 Å². The minimum atomic E-state index is -0.0880. The van der Waals surface area contributed by atoms with Crippen LogP contribution in [0.5, 0.6) is 0 Å². The third-order valence-electron chi connectivity index (χ3n) is 3.77. The highest BCUT2D eigenvalue weighted by atomic mass is 16.2. The number of carbonyl (C=O) groups excluding carboxylic acids is 1. The number of rotatable bonds is 4. The van der Waals surface area contributed by atoms with Crippen LogP contribution in [0.4, 0.5) is 4.79 Å². The average Bonchev–Trinajstić information content (AvgIpc) is 2.60. The number of benzene rings is 2. The van der Waals surface area contributed by atoms with Gasteiger partial charge in [0.15, 0.2) is 0 Å². The quantitative estimate of drug-likeness (QED) is 0.801. The van der Waals surface area contributed by atoms with Crippen molar-refractivity contribution >= 4 is 16.8 Å². The Morgan fingerprint density at radius 2 is 1.74 bits per heavy atom. The van der Waals surface area contributed by atoms with Gasteiger partial charge in [0.2, 0.25) is 0 Å². The van der Waals surface area contributed by atoms with Gasteiger partial charge in [-0.2, -0.15) is 0 Å². The first kappa shape index (κ1) is 15.0. The van der Waals surface area contributed by atoms with Crippen molar-refractivity contribution in [2.24, 2.45) is 0 Å². The molecule has 0 saturated heterocycles. The lowest BCUT2D eigenvalue weighted by Gasteiger charge is -2.18. The van der Waals surface area contributed by atoms with Crippen LogP contribution in [-0.2, 0) is 13.1 Å². The Kier molecular flexibility index (Phi) is 4.52. The Labute approximate surface area is 135 Å². The minimum absolute atomic E-state index is 0.0880. The van der Waals surface area contributed by atoms with Crippen LogP contribution in [0.1, 0.15) is 11.1 Å². The van der Waals surface area contributed by atoms with E-state index in [0.717, 1.165) is 11.1 Å². The molecule has 0 spiro atoms. The summed E-state index contributed by atoms with van der Waals surface area (Å²) < 4.78 is 0. The predicted octanol–water partition coefficient (Wildman–Crippen LogP) is 3.58. The van der Waals surface area contributed by atoms with E-state index in [1.54, 1.807) is 24.3 Å². The molecule has 1 N–H and O–H groups in total. The first-order valence-electron chi connectivity index (χ1n) is 7.58. The molecule has 1 aromatic heterocycles. The number of nitrogens with one attached hydrogen (secondary N) is 1. The van der Waals surface area contributed by atoms with E-state index in [4.69, 9.17) is 0 Å². The van der Waals surface area contributed by atoms with Crippen LogP contribution in [0.15, 0.2) is 67.0 Å². The van der Waals surface area contributed by atoms with E-state index in [1.807, 2.05) is 24.3 Å². The van der Waals surface area contributed by atoms with Gasteiger partial charge in [-0.25, -0.2) is 4.79 Å². The number of pyridine rings is 1. The van der Waals surface area contributed by atoms with Crippen molar-refractivity contribution < 1.29 is 4.79 Å². The topological polar surface area (TPSA) is 45.2 Å². The van der Waals surface area contributed by atoms with E-state index in [2.05, 4.69) is 40.6 Å². The molecule has 0 atom stereocenters. The summed E-state index contributed by atoms with van der Waals surface area (Å²) in [6.07, 6.45) is 3.45. The van der Waals surface area contributed by atoms with Gasteiger partial charge in [0.25, 0.3) is 0 Å². The largest absolute Gasteiger partial charge is 0.334 e. The molecule has 23 heavy (non-hydrogen) atoms. The van der Waals surface area contributed by atoms with Crippen molar-refractivity contribution in [3.8, 4) is 0 Å². The van der Waals surface area contributed by atoms with E-state index in [1.165, 1.54) is 10.8 Å². The summed E-state index contributed by atoms with van der Waals surface area (Å²) in [5.74, 6) is 0. The van der Waals surface area contributed by atoms with E-state index in [-0.39, 0.29) is 6.03 Å². The summed E-state index contributed by atoms with van der Waals surface area (Å²) in [6.45, 7) is 1.08. The van der Waals surface area contributed by atoms with Crippen molar-refractivity contribution in [2.75, 3.05) is 7.05 Å². The Morgan fingerprint density at radius 3 is 2.52 bits per heavy atom. The number of hydrogen-bond acceptors (Lipinski definition) is 2. The lowest BCUT2D eigenvalue weighted by molar-refractivity contribution is 0.206. The van der Waals surface area contributed by atoms with Gasteiger partial charge in [0.1, 0.15) is 0 Å². The maximum Gasteiger partial charge on any atom is 0.317 e. The Hall–Kier alpha value is -2.88. The zero-order chi connectivity index (χ0) is 16.1. The monoisotopic (exact) mass is 305 g/mol. The van der Waals surface area contributed by atoms with Gasteiger partial charge in [-0.05, 0) is 40.1 Å². The van der Waals surface area contributed by atoms with Gasteiger partial charge in [0, 0.05) is 32.5 Å². The Balaban J connectivity index is 1.60. The lowest BCUT2D eigenvalue weighted by Crippen LogP contribution is -2.36. The molecular formula is C19H19N3O. The molecule has 0 unspecified atom stereocenters. The van der Waals surface area contributed by atoms with E-state index in [9.17, 15) is 4.79 Å². The molecule has 0 radical (unpaired) electrons. The van der Waals surface area contributed by atoms with Crippen LogP contribution in [0.2, 0.25) is 0 Å². The molecule has 4 nitrogen and oxygen atoms in total. The highest BCUT2D eigenvalue weighted by Gasteiger charge is 2.09. The fourth-order valence-corrected chi connectivity index (χ4v) is 2.50. The third kappa shape index (κ3) is 3.86. The molecule has 0 aliphatic rings. The number of nitrogens with zero attached hydrogens (tertiary/aromatic N) is 2. The van der Waals surface area contributed by atoms with Crippen LogP contribution in [0, 0.1) is 0 Å². The summed E-state index contributed by atoms with van der Waals surface area (Å²) in [5, 5.41) is 5.32. The summed E-state index contributed by atoms with van der Waals surface area (Å²) in [6, 6.07) is 18.2. The molecule has 4 heteroatoms. The smallest absolute Gasteiger partial charge is 0.317 e. The molecule has 0 bridgehead atoms. The maximum atomic E-state index is 12.2. The maximum absolute atomic E-state index is 12.2. The van der Waals surface area contributed by atoms with Crippen LogP contribution >= 0.6 is 0 Å². The second-order valence-electron chi connectivity index (χ2n) is 5.55. The van der Waals surface area contributed by atoms with Crippen LogP contribution in [-0.4, -0.2) is 23.0 Å². The predicted molar refractivity (Wildman–Crippen MR) is 91.9 cm³/mol. The molecule has 3 rings (SSSR count).